The third kappa shape index (κ3) is 5.12. The highest BCUT2D eigenvalue weighted by atomic mass is 32.2. The van der Waals surface area contributed by atoms with Crippen LogP contribution in [0.1, 0.15) is 24.6 Å². The Hall–Kier alpha value is -0.980. The maximum absolute atomic E-state index is 11.7. The summed E-state index contributed by atoms with van der Waals surface area (Å²) < 4.78 is 26.0. The minimum Gasteiger partial charge on any atom is -0.320 e. The highest BCUT2D eigenvalue weighted by molar-refractivity contribution is 7.89. The number of hydrogen-bond donors (Lipinski definition) is 2. The van der Waals surface area contributed by atoms with Gasteiger partial charge in [-0.3, -0.25) is 4.98 Å². The number of aryl methyl sites for hydroxylation is 1. The van der Waals surface area contributed by atoms with Gasteiger partial charge in [0.2, 0.25) is 10.0 Å². The largest absolute Gasteiger partial charge is 0.320 e. The van der Waals surface area contributed by atoms with Gasteiger partial charge in [0, 0.05) is 6.20 Å². The van der Waals surface area contributed by atoms with Crippen LogP contribution in [0.15, 0.2) is 18.3 Å². The maximum Gasteiger partial charge on any atom is 0.211 e. The molecule has 0 unspecified atom stereocenters. The zero-order valence-corrected chi connectivity index (χ0v) is 11.8. The molecule has 1 heterocycles. The summed E-state index contributed by atoms with van der Waals surface area (Å²) in [7, 11) is -1.40. The van der Waals surface area contributed by atoms with Crippen molar-refractivity contribution < 1.29 is 8.42 Å². The molecule has 1 aromatic rings. The summed E-state index contributed by atoms with van der Waals surface area (Å²) in [4.78, 5) is 4.21. The Morgan fingerprint density at radius 3 is 2.83 bits per heavy atom. The zero-order valence-electron chi connectivity index (χ0n) is 10.9. The van der Waals surface area contributed by atoms with Crippen LogP contribution in [-0.4, -0.2) is 32.7 Å². The lowest BCUT2D eigenvalue weighted by atomic mass is 10.1. The van der Waals surface area contributed by atoms with Crippen molar-refractivity contribution >= 4 is 10.0 Å². The van der Waals surface area contributed by atoms with Gasteiger partial charge in [-0.15, -0.1) is 0 Å². The average molecular weight is 271 g/mol. The van der Waals surface area contributed by atoms with Gasteiger partial charge >= 0.3 is 0 Å². The van der Waals surface area contributed by atoms with Crippen molar-refractivity contribution in [3.8, 4) is 0 Å². The Labute approximate surface area is 109 Å². The minimum atomic E-state index is -3.21. The summed E-state index contributed by atoms with van der Waals surface area (Å²) in [6.07, 6.45) is 3.14. The van der Waals surface area contributed by atoms with Crippen LogP contribution in [0.5, 0.6) is 0 Å². The lowest BCUT2D eigenvalue weighted by Gasteiger charge is -2.09. The van der Waals surface area contributed by atoms with Gasteiger partial charge in [-0.2, -0.15) is 0 Å². The molecule has 5 nitrogen and oxygen atoms in total. The quantitative estimate of drug-likeness (QED) is 0.682. The molecule has 0 spiro atoms. The van der Waals surface area contributed by atoms with Gasteiger partial charge in [0.1, 0.15) is 0 Å². The van der Waals surface area contributed by atoms with E-state index < -0.39 is 10.0 Å². The first kappa shape index (κ1) is 15.1. The van der Waals surface area contributed by atoms with E-state index in [0.717, 1.165) is 17.7 Å². The first-order valence-electron chi connectivity index (χ1n) is 6.13. The summed E-state index contributed by atoms with van der Waals surface area (Å²) >= 11 is 0. The smallest absolute Gasteiger partial charge is 0.211 e. The van der Waals surface area contributed by atoms with Crippen LogP contribution in [0.3, 0.4) is 0 Å². The van der Waals surface area contributed by atoms with Crippen molar-refractivity contribution in [1.29, 1.82) is 0 Å². The fourth-order valence-corrected chi connectivity index (χ4v) is 2.67. The third-order valence-electron chi connectivity index (χ3n) is 2.66. The van der Waals surface area contributed by atoms with Crippen LogP contribution >= 0.6 is 0 Å². The number of nitrogens with one attached hydrogen (secondary N) is 2. The van der Waals surface area contributed by atoms with E-state index in [-0.39, 0.29) is 12.3 Å². The monoisotopic (exact) mass is 271 g/mol. The second-order valence-corrected chi connectivity index (χ2v) is 5.99. The van der Waals surface area contributed by atoms with E-state index in [4.69, 9.17) is 0 Å². The number of hydrogen-bond acceptors (Lipinski definition) is 4. The molecule has 0 aliphatic heterocycles. The van der Waals surface area contributed by atoms with E-state index in [1.54, 1.807) is 6.20 Å². The Bertz CT molecular complexity index is 460. The van der Waals surface area contributed by atoms with Crippen LogP contribution in [-0.2, 0) is 23.0 Å². The van der Waals surface area contributed by atoms with Gasteiger partial charge in [0.15, 0.2) is 0 Å². The SMILES string of the molecule is CCc1cccnc1CNS(=O)(=O)CCCNC. The molecule has 0 aliphatic rings. The highest BCUT2D eigenvalue weighted by Crippen LogP contribution is 2.06. The van der Waals surface area contributed by atoms with Crippen LogP contribution in [0.4, 0.5) is 0 Å². The lowest BCUT2D eigenvalue weighted by Crippen LogP contribution is -2.28. The Balaban J connectivity index is 2.53. The zero-order chi connectivity index (χ0) is 13.4. The van der Waals surface area contributed by atoms with Crippen molar-refractivity contribution in [2.24, 2.45) is 0 Å². The molecular weight excluding hydrogens is 250 g/mol. The van der Waals surface area contributed by atoms with E-state index in [1.165, 1.54) is 0 Å². The van der Waals surface area contributed by atoms with Gasteiger partial charge < -0.3 is 5.32 Å². The Morgan fingerprint density at radius 1 is 1.39 bits per heavy atom. The van der Waals surface area contributed by atoms with E-state index in [9.17, 15) is 8.42 Å². The molecule has 2 N–H and O–H groups in total. The van der Waals surface area contributed by atoms with Crippen LogP contribution in [0, 0.1) is 0 Å². The van der Waals surface area contributed by atoms with Crippen LogP contribution in [0.25, 0.3) is 0 Å². The molecule has 0 aromatic carbocycles. The molecule has 102 valence electrons. The molecule has 0 fully saturated rings. The van der Waals surface area contributed by atoms with Gasteiger partial charge in [0.05, 0.1) is 18.0 Å². The standard InChI is InChI=1S/C12H21N3O2S/c1-3-11-6-4-8-14-12(11)10-15-18(16,17)9-5-7-13-2/h4,6,8,13,15H,3,5,7,9-10H2,1-2H3. The second-order valence-electron chi connectivity index (χ2n) is 4.06. The Kier molecular flexibility index (Phi) is 6.24. The van der Waals surface area contributed by atoms with Gasteiger partial charge in [-0.25, -0.2) is 13.1 Å². The summed E-state index contributed by atoms with van der Waals surface area (Å²) in [5.74, 6) is 0.141. The molecule has 0 atom stereocenters. The molecule has 0 saturated carbocycles. The van der Waals surface area contributed by atoms with Gasteiger partial charge in [-0.1, -0.05) is 13.0 Å². The van der Waals surface area contributed by atoms with Gasteiger partial charge in [0.25, 0.3) is 0 Å². The average Bonchev–Trinajstić information content (AvgIpc) is 2.37. The minimum absolute atomic E-state index is 0.141. The molecule has 0 saturated heterocycles. The van der Waals surface area contributed by atoms with Crippen LogP contribution in [0.2, 0.25) is 0 Å². The Morgan fingerprint density at radius 2 is 2.17 bits per heavy atom. The maximum atomic E-state index is 11.7. The van der Waals surface area contributed by atoms with E-state index >= 15 is 0 Å². The third-order valence-corrected chi connectivity index (χ3v) is 4.08. The van der Waals surface area contributed by atoms with Crippen molar-refractivity contribution in [1.82, 2.24) is 15.0 Å². The molecule has 6 heteroatoms. The van der Waals surface area contributed by atoms with Gasteiger partial charge in [-0.05, 0) is 38.1 Å². The summed E-state index contributed by atoms with van der Waals surface area (Å²) in [5, 5.41) is 2.93. The summed E-state index contributed by atoms with van der Waals surface area (Å²) in [6.45, 7) is 3.00. The highest BCUT2D eigenvalue weighted by Gasteiger charge is 2.10. The molecule has 0 bridgehead atoms. The number of sulfonamides is 1. The molecule has 1 aromatic heterocycles. The van der Waals surface area contributed by atoms with Crippen molar-refractivity contribution in [3.63, 3.8) is 0 Å². The normalized spacial score (nSPS) is 11.7. The number of aromatic nitrogens is 1. The lowest BCUT2D eigenvalue weighted by molar-refractivity contribution is 0.576. The fraction of sp³-hybridized carbons (Fsp3) is 0.583. The molecule has 0 amide bonds. The predicted octanol–water partition coefficient (Wildman–Crippen LogP) is 0.673. The number of pyridine rings is 1. The van der Waals surface area contributed by atoms with E-state index in [1.807, 2.05) is 26.1 Å². The molecule has 1 rings (SSSR count). The topological polar surface area (TPSA) is 71.1 Å². The predicted molar refractivity (Wildman–Crippen MR) is 72.8 cm³/mol. The number of rotatable bonds is 8. The molecule has 0 radical (unpaired) electrons. The second kappa shape index (κ2) is 7.45. The molecule has 0 aliphatic carbocycles. The van der Waals surface area contributed by atoms with Crippen molar-refractivity contribution in [2.45, 2.75) is 26.3 Å². The van der Waals surface area contributed by atoms with Crippen LogP contribution < -0.4 is 10.0 Å². The fourth-order valence-electron chi connectivity index (χ4n) is 1.64. The first-order chi connectivity index (χ1) is 8.59. The van der Waals surface area contributed by atoms with Crippen molar-refractivity contribution in [3.05, 3.63) is 29.6 Å². The van der Waals surface area contributed by atoms with Crippen molar-refractivity contribution in [2.75, 3.05) is 19.3 Å². The molecule has 18 heavy (non-hydrogen) atoms. The first-order valence-corrected chi connectivity index (χ1v) is 7.79. The summed E-state index contributed by atoms with van der Waals surface area (Å²) in [5.41, 5.74) is 1.88. The van der Waals surface area contributed by atoms with E-state index in [2.05, 4.69) is 15.0 Å². The van der Waals surface area contributed by atoms with E-state index in [0.29, 0.717) is 13.0 Å². The summed E-state index contributed by atoms with van der Waals surface area (Å²) in [6, 6.07) is 3.83. The number of nitrogens with zero attached hydrogens (tertiary/aromatic N) is 1. The molecular formula is C12H21N3O2S.